The Morgan fingerprint density at radius 1 is 1.28 bits per heavy atom. The van der Waals surface area contributed by atoms with Crippen molar-refractivity contribution in [3.63, 3.8) is 0 Å². The highest BCUT2D eigenvalue weighted by Crippen LogP contribution is 2.29. The van der Waals surface area contributed by atoms with Crippen LogP contribution in [-0.2, 0) is 9.53 Å². The average Bonchev–Trinajstić information content (AvgIpc) is 2.46. The lowest BCUT2D eigenvalue weighted by atomic mass is 9.86. The third-order valence-corrected chi connectivity index (χ3v) is 3.48. The summed E-state index contributed by atoms with van der Waals surface area (Å²) in [5, 5.41) is 3.19. The zero-order chi connectivity index (χ0) is 13.0. The summed E-state index contributed by atoms with van der Waals surface area (Å²) in [5.41, 5.74) is 1.26. The Hall–Kier alpha value is -1.55. The first kappa shape index (κ1) is 12.9. The highest BCUT2D eigenvalue weighted by Gasteiger charge is 2.28. The second-order valence-electron chi connectivity index (χ2n) is 4.52. The lowest BCUT2D eigenvalue weighted by Crippen LogP contribution is -2.43. The summed E-state index contributed by atoms with van der Waals surface area (Å²) in [6.45, 7) is 0.844. The molecule has 0 aromatic heterocycles. The Balaban J connectivity index is 2.05. The van der Waals surface area contributed by atoms with Gasteiger partial charge in [0.1, 0.15) is 11.8 Å². The molecule has 0 spiro atoms. The predicted octanol–water partition coefficient (Wildman–Crippen LogP) is 1.70. The molecule has 1 heterocycles. The van der Waals surface area contributed by atoms with Gasteiger partial charge in [-0.05, 0) is 43.0 Å². The topological polar surface area (TPSA) is 47.6 Å². The van der Waals surface area contributed by atoms with E-state index in [0.717, 1.165) is 25.1 Å². The number of esters is 1. The monoisotopic (exact) mass is 249 g/mol. The molecule has 98 valence electrons. The molecule has 18 heavy (non-hydrogen) atoms. The molecule has 4 nitrogen and oxygen atoms in total. The molecule has 0 saturated carbocycles. The van der Waals surface area contributed by atoms with E-state index in [-0.39, 0.29) is 12.0 Å². The summed E-state index contributed by atoms with van der Waals surface area (Å²) in [7, 11) is 3.09. The van der Waals surface area contributed by atoms with Crippen LogP contribution in [0.15, 0.2) is 24.3 Å². The summed E-state index contributed by atoms with van der Waals surface area (Å²) >= 11 is 0. The van der Waals surface area contributed by atoms with E-state index in [0.29, 0.717) is 5.92 Å². The fourth-order valence-corrected chi connectivity index (χ4v) is 2.42. The highest BCUT2D eigenvalue weighted by molar-refractivity contribution is 5.75. The third-order valence-electron chi connectivity index (χ3n) is 3.48. The van der Waals surface area contributed by atoms with Crippen LogP contribution in [0.25, 0.3) is 0 Å². The van der Waals surface area contributed by atoms with Crippen molar-refractivity contribution in [2.45, 2.75) is 24.8 Å². The van der Waals surface area contributed by atoms with Gasteiger partial charge in [-0.1, -0.05) is 12.1 Å². The fraction of sp³-hybridized carbons (Fsp3) is 0.500. The van der Waals surface area contributed by atoms with Crippen molar-refractivity contribution < 1.29 is 14.3 Å². The first-order valence-electron chi connectivity index (χ1n) is 6.19. The number of nitrogens with one attached hydrogen (secondary N) is 1. The standard InChI is InChI=1S/C14H19NO3/c1-17-12-5-3-10(4-6-12)11-7-8-15-13(9-11)14(16)18-2/h3-6,11,13,15H,7-9H2,1-2H3/t11-,13+/m0/s1. The zero-order valence-corrected chi connectivity index (χ0v) is 10.8. The number of carbonyl (C=O) groups excluding carboxylic acids is 1. The van der Waals surface area contributed by atoms with Crippen LogP contribution >= 0.6 is 0 Å². The normalized spacial score (nSPS) is 23.4. The van der Waals surface area contributed by atoms with Crippen molar-refractivity contribution in [3.05, 3.63) is 29.8 Å². The smallest absolute Gasteiger partial charge is 0.322 e. The van der Waals surface area contributed by atoms with Gasteiger partial charge in [0.2, 0.25) is 0 Å². The van der Waals surface area contributed by atoms with Crippen molar-refractivity contribution in [1.82, 2.24) is 5.32 Å². The van der Waals surface area contributed by atoms with Crippen LogP contribution in [-0.4, -0.2) is 32.8 Å². The van der Waals surface area contributed by atoms with Crippen molar-refractivity contribution >= 4 is 5.97 Å². The minimum Gasteiger partial charge on any atom is -0.497 e. The number of hydrogen-bond acceptors (Lipinski definition) is 4. The SMILES string of the molecule is COC(=O)[C@H]1C[C@@H](c2ccc(OC)cc2)CCN1. The van der Waals surface area contributed by atoms with Gasteiger partial charge in [-0.3, -0.25) is 4.79 Å². The lowest BCUT2D eigenvalue weighted by molar-refractivity contribution is -0.143. The van der Waals surface area contributed by atoms with Gasteiger partial charge in [0.15, 0.2) is 0 Å². The van der Waals surface area contributed by atoms with Crippen LogP contribution in [0, 0.1) is 0 Å². The van der Waals surface area contributed by atoms with Gasteiger partial charge in [-0.25, -0.2) is 0 Å². The molecular formula is C14H19NO3. The molecule has 1 N–H and O–H groups in total. The largest absolute Gasteiger partial charge is 0.497 e. The summed E-state index contributed by atoms with van der Waals surface area (Å²) < 4.78 is 9.94. The first-order chi connectivity index (χ1) is 8.74. The van der Waals surface area contributed by atoms with Gasteiger partial charge in [0, 0.05) is 0 Å². The van der Waals surface area contributed by atoms with E-state index in [1.54, 1.807) is 7.11 Å². The van der Waals surface area contributed by atoms with Crippen molar-refractivity contribution in [3.8, 4) is 5.75 Å². The molecule has 0 amide bonds. The number of hydrogen-bond donors (Lipinski definition) is 1. The second kappa shape index (κ2) is 5.87. The average molecular weight is 249 g/mol. The lowest BCUT2D eigenvalue weighted by Gasteiger charge is -2.29. The number of ether oxygens (including phenoxy) is 2. The first-order valence-corrected chi connectivity index (χ1v) is 6.19. The van der Waals surface area contributed by atoms with Crippen LogP contribution < -0.4 is 10.1 Å². The number of methoxy groups -OCH3 is 2. The molecule has 1 aromatic rings. The van der Waals surface area contributed by atoms with Gasteiger partial charge >= 0.3 is 5.97 Å². The maximum atomic E-state index is 11.5. The van der Waals surface area contributed by atoms with E-state index < -0.39 is 0 Å². The number of piperidine rings is 1. The maximum Gasteiger partial charge on any atom is 0.322 e. The Morgan fingerprint density at radius 3 is 2.61 bits per heavy atom. The summed E-state index contributed by atoms with van der Waals surface area (Å²) in [4.78, 5) is 11.5. The fourth-order valence-electron chi connectivity index (χ4n) is 2.42. The second-order valence-corrected chi connectivity index (χ2v) is 4.52. The van der Waals surface area contributed by atoms with E-state index in [1.807, 2.05) is 12.1 Å². The van der Waals surface area contributed by atoms with Crippen LogP contribution in [0.1, 0.15) is 24.3 Å². The van der Waals surface area contributed by atoms with Crippen LogP contribution in [0.3, 0.4) is 0 Å². The van der Waals surface area contributed by atoms with Crippen molar-refractivity contribution in [2.24, 2.45) is 0 Å². The Bertz CT molecular complexity index is 402. The van der Waals surface area contributed by atoms with Gasteiger partial charge < -0.3 is 14.8 Å². The van der Waals surface area contributed by atoms with Crippen LogP contribution in [0.2, 0.25) is 0 Å². The quantitative estimate of drug-likeness (QED) is 0.828. The highest BCUT2D eigenvalue weighted by atomic mass is 16.5. The predicted molar refractivity (Wildman–Crippen MR) is 68.8 cm³/mol. The molecule has 2 atom stereocenters. The molecule has 0 radical (unpaired) electrons. The molecule has 1 aromatic carbocycles. The molecule has 1 aliphatic heterocycles. The van der Waals surface area contributed by atoms with Crippen LogP contribution in [0.5, 0.6) is 5.75 Å². The number of carbonyl (C=O) groups is 1. The zero-order valence-electron chi connectivity index (χ0n) is 10.8. The molecule has 1 aliphatic rings. The molecular weight excluding hydrogens is 230 g/mol. The minimum atomic E-state index is -0.184. The molecule has 0 unspecified atom stereocenters. The molecule has 1 fully saturated rings. The summed E-state index contributed by atoms with van der Waals surface area (Å²) in [6.07, 6.45) is 1.83. The Morgan fingerprint density at radius 2 is 2.00 bits per heavy atom. The molecule has 4 heteroatoms. The van der Waals surface area contributed by atoms with Crippen molar-refractivity contribution in [1.29, 1.82) is 0 Å². The Labute approximate surface area is 107 Å². The summed E-state index contributed by atoms with van der Waals surface area (Å²) in [6, 6.07) is 7.89. The number of rotatable bonds is 3. The molecule has 0 bridgehead atoms. The molecule has 0 aliphatic carbocycles. The third kappa shape index (κ3) is 2.82. The van der Waals surface area contributed by atoms with E-state index in [2.05, 4.69) is 17.4 Å². The summed E-state index contributed by atoms with van der Waals surface area (Å²) in [5.74, 6) is 1.09. The number of benzene rings is 1. The minimum absolute atomic E-state index is 0.173. The molecule has 2 rings (SSSR count). The maximum absolute atomic E-state index is 11.5. The van der Waals surface area contributed by atoms with E-state index >= 15 is 0 Å². The van der Waals surface area contributed by atoms with Gasteiger partial charge in [0.25, 0.3) is 0 Å². The Kier molecular flexibility index (Phi) is 4.20. The van der Waals surface area contributed by atoms with Gasteiger partial charge in [-0.2, -0.15) is 0 Å². The van der Waals surface area contributed by atoms with Gasteiger partial charge in [0.05, 0.1) is 14.2 Å². The molecule has 1 saturated heterocycles. The van der Waals surface area contributed by atoms with Gasteiger partial charge in [-0.15, -0.1) is 0 Å². The van der Waals surface area contributed by atoms with E-state index in [1.165, 1.54) is 12.7 Å². The van der Waals surface area contributed by atoms with Crippen LogP contribution in [0.4, 0.5) is 0 Å². The van der Waals surface area contributed by atoms with E-state index in [4.69, 9.17) is 9.47 Å². The van der Waals surface area contributed by atoms with Crippen molar-refractivity contribution in [2.75, 3.05) is 20.8 Å². The van der Waals surface area contributed by atoms with E-state index in [9.17, 15) is 4.79 Å².